The number of carbonyl (C=O) groups excluding carboxylic acids is 2. The van der Waals surface area contributed by atoms with Gasteiger partial charge in [-0.05, 0) is 56.3 Å². The third-order valence-electron chi connectivity index (χ3n) is 3.68. The van der Waals surface area contributed by atoms with Gasteiger partial charge in [-0.1, -0.05) is 23.2 Å². The van der Waals surface area contributed by atoms with Gasteiger partial charge in [0.2, 0.25) is 11.8 Å². The number of carbonyl (C=O) groups is 3. The van der Waals surface area contributed by atoms with Crippen molar-refractivity contribution in [3.05, 3.63) is 64.2 Å². The Hall–Kier alpha value is -2.48. The molecule has 2 aromatic rings. The summed E-state index contributed by atoms with van der Waals surface area (Å²) in [4.78, 5) is 35.7. The summed E-state index contributed by atoms with van der Waals surface area (Å²) in [5.41, 5.74) is 0.936. The van der Waals surface area contributed by atoms with Crippen molar-refractivity contribution in [3.8, 4) is 0 Å². The fourth-order valence-corrected chi connectivity index (χ4v) is 3.46. The number of thioether (sulfide) groups is 1. The SMILES string of the molecule is CC(=CC(=O)Nc1ccc(SC(C)C(=O)Nc2ccc(Cl)cc2Cl)cc1)C(=O)O. The molecule has 6 nitrogen and oxygen atoms in total. The molecule has 2 rings (SSSR count). The van der Waals surface area contributed by atoms with Gasteiger partial charge in [0.05, 0.1) is 16.0 Å². The van der Waals surface area contributed by atoms with E-state index in [4.69, 9.17) is 28.3 Å². The Morgan fingerprint density at radius 3 is 2.31 bits per heavy atom. The molecule has 3 N–H and O–H groups in total. The average Bonchev–Trinajstić information content (AvgIpc) is 2.65. The molecule has 152 valence electrons. The molecule has 0 bridgehead atoms. The lowest BCUT2D eigenvalue weighted by molar-refractivity contribution is -0.132. The van der Waals surface area contributed by atoms with Gasteiger partial charge in [-0.2, -0.15) is 0 Å². The standard InChI is InChI=1S/C20H18Cl2N2O4S/c1-11(20(27)28)9-18(25)23-14-4-6-15(7-5-14)29-12(2)19(26)24-17-8-3-13(21)10-16(17)22/h3-10,12H,1-2H3,(H,23,25)(H,24,26)(H,27,28). The molecule has 2 amide bonds. The van der Waals surface area contributed by atoms with Crippen molar-refractivity contribution in [2.24, 2.45) is 0 Å². The molecule has 2 aromatic carbocycles. The van der Waals surface area contributed by atoms with Crippen LogP contribution in [0.25, 0.3) is 0 Å². The van der Waals surface area contributed by atoms with E-state index in [9.17, 15) is 14.4 Å². The smallest absolute Gasteiger partial charge is 0.331 e. The number of carboxylic acid groups (broad SMARTS) is 1. The fraction of sp³-hybridized carbons (Fsp3) is 0.150. The lowest BCUT2D eigenvalue weighted by atomic mass is 10.2. The van der Waals surface area contributed by atoms with Crippen LogP contribution in [0.3, 0.4) is 0 Å². The maximum absolute atomic E-state index is 12.4. The number of anilines is 2. The Kier molecular flexibility index (Phi) is 8.13. The molecule has 29 heavy (non-hydrogen) atoms. The highest BCUT2D eigenvalue weighted by atomic mass is 35.5. The highest BCUT2D eigenvalue weighted by Crippen LogP contribution is 2.28. The van der Waals surface area contributed by atoms with Crippen molar-refractivity contribution in [1.29, 1.82) is 0 Å². The van der Waals surface area contributed by atoms with Gasteiger partial charge in [0.15, 0.2) is 0 Å². The second-order valence-corrected chi connectivity index (χ2v) is 8.28. The zero-order valence-corrected chi connectivity index (χ0v) is 17.9. The molecule has 0 spiro atoms. The van der Waals surface area contributed by atoms with Gasteiger partial charge < -0.3 is 15.7 Å². The van der Waals surface area contributed by atoms with Crippen molar-refractivity contribution >= 4 is 64.1 Å². The van der Waals surface area contributed by atoms with Crippen molar-refractivity contribution < 1.29 is 19.5 Å². The molecule has 0 saturated carbocycles. The second kappa shape index (κ2) is 10.3. The molecular weight excluding hydrogens is 435 g/mol. The summed E-state index contributed by atoms with van der Waals surface area (Å²) in [6, 6.07) is 11.7. The molecule has 0 aliphatic rings. The Bertz CT molecular complexity index is 961. The summed E-state index contributed by atoms with van der Waals surface area (Å²) >= 11 is 13.3. The minimum Gasteiger partial charge on any atom is -0.478 e. The van der Waals surface area contributed by atoms with Gasteiger partial charge in [-0.3, -0.25) is 9.59 Å². The van der Waals surface area contributed by atoms with E-state index >= 15 is 0 Å². The monoisotopic (exact) mass is 452 g/mol. The van der Waals surface area contributed by atoms with Gasteiger partial charge >= 0.3 is 5.97 Å². The summed E-state index contributed by atoms with van der Waals surface area (Å²) in [5.74, 6) is -1.90. The normalized spacial score (nSPS) is 12.2. The first-order valence-electron chi connectivity index (χ1n) is 8.41. The van der Waals surface area contributed by atoms with Gasteiger partial charge in [0.1, 0.15) is 0 Å². The van der Waals surface area contributed by atoms with E-state index in [1.807, 2.05) is 0 Å². The van der Waals surface area contributed by atoms with Crippen LogP contribution >= 0.6 is 35.0 Å². The van der Waals surface area contributed by atoms with E-state index in [0.717, 1.165) is 11.0 Å². The van der Waals surface area contributed by atoms with E-state index in [0.29, 0.717) is 21.4 Å². The molecule has 0 fully saturated rings. The van der Waals surface area contributed by atoms with Crippen LogP contribution in [-0.4, -0.2) is 28.1 Å². The Morgan fingerprint density at radius 2 is 1.72 bits per heavy atom. The van der Waals surface area contributed by atoms with Crippen LogP contribution in [-0.2, 0) is 14.4 Å². The fourth-order valence-electron chi connectivity index (χ4n) is 2.14. The van der Waals surface area contributed by atoms with Crippen LogP contribution in [0.2, 0.25) is 10.0 Å². The third-order valence-corrected chi connectivity index (χ3v) is 5.34. The summed E-state index contributed by atoms with van der Waals surface area (Å²) in [5, 5.41) is 14.6. The first-order chi connectivity index (χ1) is 13.7. The Balaban J connectivity index is 1.94. The van der Waals surface area contributed by atoms with Crippen LogP contribution in [0, 0.1) is 0 Å². The average molecular weight is 453 g/mol. The number of amides is 2. The Labute approximate surface area is 182 Å². The minimum atomic E-state index is -1.15. The summed E-state index contributed by atoms with van der Waals surface area (Å²) < 4.78 is 0. The Morgan fingerprint density at radius 1 is 1.07 bits per heavy atom. The van der Waals surface area contributed by atoms with Crippen LogP contribution in [0.1, 0.15) is 13.8 Å². The molecule has 1 atom stereocenters. The van der Waals surface area contributed by atoms with Crippen molar-refractivity contribution in [2.75, 3.05) is 10.6 Å². The van der Waals surface area contributed by atoms with Gasteiger partial charge in [0.25, 0.3) is 0 Å². The first-order valence-corrected chi connectivity index (χ1v) is 10.0. The van der Waals surface area contributed by atoms with Crippen LogP contribution in [0.15, 0.2) is 59.0 Å². The molecular formula is C20H18Cl2N2O4S. The van der Waals surface area contributed by atoms with Crippen LogP contribution < -0.4 is 10.6 Å². The molecule has 9 heteroatoms. The highest BCUT2D eigenvalue weighted by Gasteiger charge is 2.16. The zero-order chi connectivity index (χ0) is 21.6. The van der Waals surface area contributed by atoms with E-state index < -0.39 is 17.1 Å². The van der Waals surface area contributed by atoms with E-state index in [2.05, 4.69) is 10.6 Å². The molecule has 0 radical (unpaired) electrons. The number of nitrogens with one attached hydrogen (secondary N) is 2. The quantitative estimate of drug-likeness (QED) is 0.401. The molecule has 1 unspecified atom stereocenters. The van der Waals surface area contributed by atoms with Gasteiger partial charge in [-0.15, -0.1) is 11.8 Å². The number of aliphatic carboxylic acids is 1. The van der Waals surface area contributed by atoms with E-state index in [-0.39, 0.29) is 11.5 Å². The van der Waals surface area contributed by atoms with Crippen molar-refractivity contribution in [2.45, 2.75) is 24.0 Å². The number of rotatable bonds is 7. The van der Waals surface area contributed by atoms with Crippen LogP contribution in [0.4, 0.5) is 11.4 Å². The minimum absolute atomic E-state index is 0.0599. The van der Waals surface area contributed by atoms with Crippen molar-refractivity contribution in [3.63, 3.8) is 0 Å². The molecule has 0 aromatic heterocycles. The van der Waals surface area contributed by atoms with Crippen LogP contribution in [0.5, 0.6) is 0 Å². The summed E-state index contributed by atoms with van der Waals surface area (Å²) in [6.45, 7) is 3.10. The molecule has 0 heterocycles. The number of hydrogen-bond acceptors (Lipinski definition) is 4. The lowest BCUT2D eigenvalue weighted by Crippen LogP contribution is -2.22. The lowest BCUT2D eigenvalue weighted by Gasteiger charge is -2.13. The predicted octanol–water partition coefficient (Wildman–Crippen LogP) is 5.08. The predicted molar refractivity (Wildman–Crippen MR) is 117 cm³/mol. The highest BCUT2D eigenvalue weighted by molar-refractivity contribution is 8.00. The first kappa shape index (κ1) is 22.8. The number of benzene rings is 2. The summed E-state index contributed by atoms with van der Waals surface area (Å²) in [7, 11) is 0. The molecule has 0 saturated heterocycles. The maximum atomic E-state index is 12.4. The molecule has 0 aliphatic heterocycles. The topological polar surface area (TPSA) is 95.5 Å². The van der Waals surface area contributed by atoms with E-state index in [1.54, 1.807) is 49.4 Å². The van der Waals surface area contributed by atoms with Gasteiger partial charge in [0, 0.05) is 27.3 Å². The van der Waals surface area contributed by atoms with E-state index in [1.165, 1.54) is 18.7 Å². The third kappa shape index (κ3) is 7.12. The largest absolute Gasteiger partial charge is 0.478 e. The zero-order valence-electron chi connectivity index (χ0n) is 15.5. The molecule has 0 aliphatic carbocycles. The number of hydrogen-bond donors (Lipinski definition) is 3. The maximum Gasteiger partial charge on any atom is 0.331 e. The number of carboxylic acids is 1. The number of halogens is 2. The summed E-state index contributed by atoms with van der Waals surface area (Å²) in [6.07, 6.45) is 1.01. The van der Waals surface area contributed by atoms with Gasteiger partial charge in [-0.25, -0.2) is 4.79 Å². The second-order valence-electron chi connectivity index (χ2n) is 6.02. The van der Waals surface area contributed by atoms with Crippen molar-refractivity contribution in [1.82, 2.24) is 0 Å².